The van der Waals surface area contributed by atoms with Crippen molar-refractivity contribution in [3.8, 4) is 0 Å². The first-order valence-electron chi connectivity index (χ1n) is 6.28. The van der Waals surface area contributed by atoms with Gasteiger partial charge in [0.1, 0.15) is 0 Å². The van der Waals surface area contributed by atoms with Crippen molar-refractivity contribution in [3.05, 3.63) is 29.8 Å². The molecule has 0 aliphatic heterocycles. The number of benzene rings is 1. The van der Waals surface area contributed by atoms with E-state index in [9.17, 15) is 0 Å². The van der Waals surface area contributed by atoms with E-state index in [0.717, 1.165) is 25.3 Å². The molecule has 0 bridgehead atoms. The maximum Gasteiger partial charge on any atom is 0.196 e. The van der Waals surface area contributed by atoms with Crippen LogP contribution in [-0.2, 0) is 0 Å². The van der Waals surface area contributed by atoms with Gasteiger partial charge in [0.25, 0.3) is 0 Å². The minimum absolute atomic E-state index is 0.506. The number of anilines is 1. The monoisotopic (exact) mass is 263 g/mol. The number of thiocarbonyl (C=S) groups is 1. The maximum absolute atomic E-state index is 5.17. The average molecular weight is 263 g/mol. The molecule has 0 aromatic heterocycles. The molecule has 18 heavy (non-hydrogen) atoms. The molecule has 0 atom stereocenters. The van der Waals surface area contributed by atoms with E-state index in [2.05, 4.69) is 36.0 Å². The summed E-state index contributed by atoms with van der Waals surface area (Å²) in [7, 11) is 0. The van der Waals surface area contributed by atoms with Crippen LogP contribution in [0.25, 0.3) is 0 Å². The quantitative estimate of drug-likeness (QED) is 0.653. The predicted octanol–water partition coefficient (Wildman–Crippen LogP) is 3.10. The van der Waals surface area contributed by atoms with Crippen molar-refractivity contribution in [1.82, 2.24) is 4.90 Å². The van der Waals surface area contributed by atoms with Gasteiger partial charge >= 0.3 is 0 Å². The molecule has 3 nitrogen and oxygen atoms in total. The fourth-order valence-corrected chi connectivity index (χ4v) is 1.71. The summed E-state index contributed by atoms with van der Waals surface area (Å²) in [5.41, 5.74) is 2.21. The highest BCUT2D eigenvalue weighted by molar-refractivity contribution is 7.80. The number of aryl methyl sites for hydroxylation is 1. The number of rotatable bonds is 5. The van der Waals surface area contributed by atoms with E-state index >= 15 is 0 Å². The number of nitrogens with one attached hydrogen (secondary N) is 1. The molecule has 0 fully saturated rings. The van der Waals surface area contributed by atoms with E-state index in [0.29, 0.717) is 5.11 Å². The van der Waals surface area contributed by atoms with Crippen LogP contribution in [0.3, 0.4) is 0 Å². The Hall–Kier alpha value is -1.26. The van der Waals surface area contributed by atoms with Crippen LogP contribution in [0.15, 0.2) is 29.3 Å². The van der Waals surface area contributed by atoms with E-state index in [4.69, 9.17) is 12.2 Å². The van der Waals surface area contributed by atoms with Gasteiger partial charge in [0.2, 0.25) is 0 Å². The maximum atomic E-state index is 5.17. The zero-order chi connectivity index (χ0) is 13.4. The fraction of sp³-hybridized carbons (Fsp3) is 0.429. The Balaban J connectivity index is 2.41. The predicted molar refractivity (Wildman–Crippen MR) is 83.7 cm³/mol. The standard InChI is InChI=1S/C14H21N3S/c1-4-17(5-2)11-10-15-14(18)16-13-8-6-12(3)7-9-13/h6-10H,4-5,11H2,1-3H3,(H,16,18)/b15-10+. The average Bonchev–Trinajstić information content (AvgIpc) is 2.37. The van der Waals surface area contributed by atoms with Crippen molar-refractivity contribution in [3.63, 3.8) is 0 Å². The highest BCUT2D eigenvalue weighted by Crippen LogP contribution is 2.08. The molecule has 0 heterocycles. The van der Waals surface area contributed by atoms with Crippen LogP contribution < -0.4 is 5.32 Å². The molecule has 0 amide bonds. The summed E-state index contributed by atoms with van der Waals surface area (Å²) in [5, 5.41) is 3.60. The lowest BCUT2D eigenvalue weighted by Gasteiger charge is -2.14. The molecule has 4 heteroatoms. The zero-order valence-corrected chi connectivity index (χ0v) is 12.1. The van der Waals surface area contributed by atoms with Gasteiger partial charge in [-0.15, -0.1) is 0 Å². The second-order valence-electron chi connectivity index (χ2n) is 4.09. The van der Waals surface area contributed by atoms with E-state index in [-0.39, 0.29) is 0 Å². The Kier molecular flexibility index (Phi) is 6.54. The summed E-state index contributed by atoms with van der Waals surface area (Å²) >= 11 is 5.17. The van der Waals surface area contributed by atoms with Gasteiger partial charge in [-0.05, 0) is 44.4 Å². The summed E-state index contributed by atoms with van der Waals surface area (Å²) in [6.07, 6.45) is 1.86. The Morgan fingerprint density at radius 2 is 1.89 bits per heavy atom. The van der Waals surface area contributed by atoms with Crippen LogP contribution in [0.1, 0.15) is 19.4 Å². The first-order chi connectivity index (χ1) is 8.65. The van der Waals surface area contributed by atoms with Gasteiger partial charge in [-0.3, -0.25) is 4.90 Å². The third kappa shape index (κ3) is 5.38. The molecular formula is C14H21N3S. The number of nitrogens with zero attached hydrogens (tertiary/aromatic N) is 2. The summed E-state index contributed by atoms with van der Waals surface area (Å²) in [6, 6.07) is 8.10. The molecule has 0 unspecified atom stereocenters. The number of hydrogen-bond donors (Lipinski definition) is 1. The SMILES string of the molecule is CCN(CC)C/C=N/C(=S)Nc1ccc(C)cc1. The molecular weight excluding hydrogens is 242 g/mol. The van der Waals surface area contributed by atoms with Crippen LogP contribution in [0.5, 0.6) is 0 Å². The van der Waals surface area contributed by atoms with Gasteiger partial charge in [0, 0.05) is 18.4 Å². The molecule has 1 aromatic carbocycles. The molecule has 0 radical (unpaired) electrons. The lowest BCUT2D eigenvalue weighted by Crippen LogP contribution is -2.25. The van der Waals surface area contributed by atoms with Crippen molar-refractivity contribution in [1.29, 1.82) is 0 Å². The molecule has 0 saturated carbocycles. The third-order valence-electron chi connectivity index (χ3n) is 2.75. The zero-order valence-electron chi connectivity index (χ0n) is 11.3. The fourth-order valence-electron chi connectivity index (χ4n) is 1.51. The van der Waals surface area contributed by atoms with Gasteiger partial charge in [-0.2, -0.15) is 0 Å². The van der Waals surface area contributed by atoms with Gasteiger partial charge in [-0.25, -0.2) is 4.99 Å². The van der Waals surface area contributed by atoms with E-state index < -0.39 is 0 Å². The lowest BCUT2D eigenvalue weighted by atomic mass is 10.2. The topological polar surface area (TPSA) is 27.6 Å². The Labute approximate surface area is 115 Å². The third-order valence-corrected chi connectivity index (χ3v) is 2.95. The molecule has 0 aliphatic rings. The summed E-state index contributed by atoms with van der Waals surface area (Å²) in [5.74, 6) is 0. The number of hydrogen-bond acceptors (Lipinski definition) is 2. The van der Waals surface area contributed by atoms with E-state index in [1.54, 1.807) is 0 Å². The first kappa shape index (κ1) is 14.8. The summed E-state index contributed by atoms with van der Waals surface area (Å²) < 4.78 is 0. The first-order valence-corrected chi connectivity index (χ1v) is 6.69. The molecule has 1 rings (SSSR count). The van der Waals surface area contributed by atoms with E-state index in [1.165, 1.54) is 5.56 Å². The van der Waals surface area contributed by atoms with Crippen molar-refractivity contribution < 1.29 is 0 Å². The largest absolute Gasteiger partial charge is 0.331 e. The van der Waals surface area contributed by atoms with Gasteiger partial charge in [-0.1, -0.05) is 31.5 Å². The van der Waals surface area contributed by atoms with E-state index in [1.807, 2.05) is 30.5 Å². The highest BCUT2D eigenvalue weighted by atomic mass is 32.1. The second-order valence-corrected chi connectivity index (χ2v) is 4.48. The lowest BCUT2D eigenvalue weighted by molar-refractivity contribution is 0.350. The van der Waals surface area contributed by atoms with Gasteiger partial charge in [0.05, 0.1) is 0 Å². The van der Waals surface area contributed by atoms with Gasteiger partial charge in [0.15, 0.2) is 5.11 Å². The number of aliphatic imine (C=N–C) groups is 1. The molecule has 0 saturated heterocycles. The minimum Gasteiger partial charge on any atom is -0.331 e. The Morgan fingerprint density at radius 1 is 1.28 bits per heavy atom. The molecule has 0 aliphatic carbocycles. The van der Waals surface area contributed by atoms with Crippen LogP contribution in [-0.4, -0.2) is 35.9 Å². The Morgan fingerprint density at radius 3 is 2.44 bits per heavy atom. The molecule has 98 valence electrons. The molecule has 1 N–H and O–H groups in total. The normalized spacial score (nSPS) is 11.1. The van der Waals surface area contributed by atoms with Crippen molar-refractivity contribution in [2.75, 3.05) is 25.0 Å². The Bertz CT molecular complexity index is 394. The highest BCUT2D eigenvalue weighted by Gasteiger charge is 1.97. The minimum atomic E-state index is 0.506. The summed E-state index contributed by atoms with van der Waals surface area (Å²) in [4.78, 5) is 6.51. The summed E-state index contributed by atoms with van der Waals surface area (Å²) in [6.45, 7) is 9.23. The molecule has 1 aromatic rings. The smallest absolute Gasteiger partial charge is 0.196 e. The van der Waals surface area contributed by atoms with Crippen molar-refractivity contribution >= 4 is 29.2 Å². The van der Waals surface area contributed by atoms with Crippen LogP contribution in [0, 0.1) is 6.92 Å². The van der Waals surface area contributed by atoms with Crippen molar-refractivity contribution in [2.24, 2.45) is 4.99 Å². The van der Waals surface area contributed by atoms with Crippen molar-refractivity contribution in [2.45, 2.75) is 20.8 Å². The second kappa shape index (κ2) is 7.95. The van der Waals surface area contributed by atoms with Crippen LogP contribution in [0.2, 0.25) is 0 Å². The van der Waals surface area contributed by atoms with Crippen LogP contribution in [0.4, 0.5) is 5.69 Å². The van der Waals surface area contributed by atoms with Gasteiger partial charge < -0.3 is 5.32 Å². The van der Waals surface area contributed by atoms with Crippen LogP contribution >= 0.6 is 12.2 Å². The molecule has 0 spiro atoms.